The lowest BCUT2D eigenvalue weighted by atomic mass is 9.83. The van der Waals surface area contributed by atoms with Crippen LogP contribution in [0.1, 0.15) is 37.1 Å². The number of fused-ring (bicyclic) bond motifs is 2. The van der Waals surface area contributed by atoms with Gasteiger partial charge in [-0.2, -0.15) is 0 Å². The Hall–Kier alpha value is -3.87. The van der Waals surface area contributed by atoms with Gasteiger partial charge in [0.2, 0.25) is 11.8 Å². The minimum atomic E-state index is -0.440. The molecule has 2 N–H and O–H groups in total. The average molecular weight is 471 g/mol. The van der Waals surface area contributed by atoms with Crippen LogP contribution in [0.5, 0.6) is 5.75 Å². The molecule has 1 aromatic heterocycles. The van der Waals surface area contributed by atoms with E-state index in [4.69, 9.17) is 4.74 Å². The molecular weight excluding hydrogens is 440 g/mol. The number of nitrogens with one attached hydrogen (secondary N) is 2. The zero-order valence-electron chi connectivity index (χ0n) is 20.1. The molecule has 5 rings (SSSR count). The third-order valence-corrected chi connectivity index (χ3v) is 7.03. The third-order valence-electron chi connectivity index (χ3n) is 7.03. The van der Waals surface area contributed by atoms with E-state index in [0.717, 1.165) is 38.9 Å². The second-order valence-electron chi connectivity index (χ2n) is 9.43. The molecule has 180 valence electrons. The van der Waals surface area contributed by atoms with E-state index in [1.165, 1.54) is 0 Å². The van der Waals surface area contributed by atoms with Crippen molar-refractivity contribution in [1.29, 1.82) is 0 Å². The van der Waals surface area contributed by atoms with Crippen LogP contribution in [-0.4, -0.2) is 46.4 Å². The molecule has 0 saturated carbocycles. The number of hydrogen-bond acceptors (Lipinski definition) is 4. The van der Waals surface area contributed by atoms with Crippen molar-refractivity contribution in [2.24, 2.45) is 0 Å². The number of carbonyl (C=O) groups is 2. The number of hydrogen-bond donors (Lipinski definition) is 2. The van der Waals surface area contributed by atoms with Gasteiger partial charge in [0, 0.05) is 30.8 Å². The predicted octanol–water partition coefficient (Wildman–Crippen LogP) is 4.35. The first-order valence-corrected chi connectivity index (χ1v) is 12.0. The molecule has 35 heavy (non-hydrogen) atoms. The molecule has 1 saturated heterocycles. The van der Waals surface area contributed by atoms with Gasteiger partial charge in [0.15, 0.2) is 0 Å². The first kappa shape index (κ1) is 22.9. The van der Waals surface area contributed by atoms with Crippen LogP contribution >= 0.6 is 0 Å². The Morgan fingerprint density at radius 3 is 2.60 bits per heavy atom. The highest BCUT2D eigenvalue weighted by atomic mass is 16.5. The highest BCUT2D eigenvalue weighted by molar-refractivity contribution is 5.91. The summed E-state index contributed by atoms with van der Waals surface area (Å²) in [7, 11) is 3.47. The number of ether oxygens (including phenoxy) is 1. The number of carbonyl (C=O) groups excluding carboxylic acids is 2. The van der Waals surface area contributed by atoms with E-state index in [1.807, 2.05) is 48.5 Å². The van der Waals surface area contributed by atoms with Crippen LogP contribution in [0, 0.1) is 0 Å². The Balaban J connectivity index is 1.31. The number of benzene rings is 3. The lowest BCUT2D eigenvalue weighted by Crippen LogP contribution is -2.44. The van der Waals surface area contributed by atoms with Crippen molar-refractivity contribution in [2.75, 3.05) is 14.2 Å². The zero-order chi connectivity index (χ0) is 24.4. The summed E-state index contributed by atoms with van der Waals surface area (Å²) < 4.78 is 5.54. The van der Waals surface area contributed by atoms with Crippen LogP contribution in [0.25, 0.3) is 21.8 Å². The van der Waals surface area contributed by atoms with Gasteiger partial charge >= 0.3 is 0 Å². The van der Waals surface area contributed by atoms with Crippen molar-refractivity contribution in [2.45, 2.75) is 44.2 Å². The number of nitrogens with zero attached hydrogens (tertiary/aromatic N) is 2. The molecule has 1 aliphatic heterocycles. The third kappa shape index (κ3) is 4.71. The Morgan fingerprint density at radius 1 is 1.09 bits per heavy atom. The van der Waals surface area contributed by atoms with Crippen molar-refractivity contribution >= 4 is 33.6 Å². The Bertz CT molecular complexity index is 1360. The first-order valence-electron chi connectivity index (χ1n) is 12.0. The molecule has 2 heterocycles. The number of para-hydroxylation sites is 2. The van der Waals surface area contributed by atoms with Gasteiger partial charge in [0.25, 0.3) is 0 Å². The van der Waals surface area contributed by atoms with Gasteiger partial charge in [-0.05, 0) is 48.4 Å². The Morgan fingerprint density at radius 2 is 1.86 bits per heavy atom. The van der Waals surface area contributed by atoms with E-state index in [9.17, 15) is 9.59 Å². The van der Waals surface area contributed by atoms with Crippen LogP contribution < -0.4 is 10.1 Å². The normalized spacial score (nSPS) is 17.6. The van der Waals surface area contributed by atoms with Gasteiger partial charge in [-0.1, -0.05) is 42.5 Å². The molecule has 7 heteroatoms. The molecule has 3 aromatic carbocycles. The molecule has 1 fully saturated rings. The van der Waals surface area contributed by atoms with Gasteiger partial charge in [-0.3, -0.25) is 9.59 Å². The Labute approximate surface area is 204 Å². The maximum atomic E-state index is 13.0. The summed E-state index contributed by atoms with van der Waals surface area (Å²) in [4.78, 5) is 34.9. The quantitative estimate of drug-likeness (QED) is 0.401. The van der Waals surface area contributed by atoms with Crippen molar-refractivity contribution in [3.05, 3.63) is 72.1 Å². The van der Waals surface area contributed by atoms with Crippen molar-refractivity contribution in [1.82, 2.24) is 20.2 Å². The summed E-state index contributed by atoms with van der Waals surface area (Å²) in [5, 5.41) is 5.37. The van der Waals surface area contributed by atoms with E-state index in [-0.39, 0.29) is 11.8 Å². The lowest BCUT2D eigenvalue weighted by Gasteiger charge is -2.30. The highest BCUT2D eigenvalue weighted by Gasteiger charge is 2.38. The molecule has 0 bridgehead atoms. The van der Waals surface area contributed by atoms with E-state index in [0.29, 0.717) is 38.6 Å². The number of H-pyrrole nitrogens is 1. The summed E-state index contributed by atoms with van der Waals surface area (Å²) >= 11 is 0. The standard InChI is InChI=1S/C28H30N4O3/c1-32(18-25-29-22-9-5-6-10-23(22)30-25)27(34)14-16-28(15-13-26(33)31-28)17-19-11-12-24(35-2)21-8-4-3-7-20(19)21/h3-12H,13-18H2,1-2H3,(H,29,30)(H,31,33). The van der Waals surface area contributed by atoms with Crippen LogP contribution in [-0.2, 0) is 22.6 Å². The van der Waals surface area contributed by atoms with E-state index < -0.39 is 5.54 Å². The van der Waals surface area contributed by atoms with Crippen molar-refractivity contribution < 1.29 is 14.3 Å². The minimum absolute atomic E-state index is 0.0329. The monoisotopic (exact) mass is 470 g/mol. The average Bonchev–Trinajstić information content (AvgIpc) is 3.45. The second kappa shape index (κ2) is 9.41. The maximum Gasteiger partial charge on any atom is 0.222 e. The van der Waals surface area contributed by atoms with Gasteiger partial charge in [0.1, 0.15) is 11.6 Å². The van der Waals surface area contributed by atoms with Crippen molar-refractivity contribution in [3.8, 4) is 5.75 Å². The molecule has 7 nitrogen and oxygen atoms in total. The van der Waals surface area contributed by atoms with E-state index in [1.54, 1.807) is 19.1 Å². The molecule has 2 amide bonds. The summed E-state index contributed by atoms with van der Waals surface area (Å²) in [5.74, 6) is 1.67. The molecule has 4 aromatic rings. The molecule has 1 aliphatic rings. The van der Waals surface area contributed by atoms with Crippen LogP contribution in [0.2, 0.25) is 0 Å². The summed E-state index contributed by atoms with van der Waals surface area (Å²) in [6, 6.07) is 20.0. The van der Waals surface area contributed by atoms with Gasteiger partial charge in [-0.25, -0.2) is 4.98 Å². The molecule has 1 atom stereocenters. The number of aromatic amines is 1. The minimum Gasteiger partial charge on any atom is -0.496 e. The summed E-state index contributed by atoms with van der Waals surface area (Å²) in [6.45, 7) is 0.413. The van der Waals surface area contributed by atoms with E-state index >= 15 is 0 Å². The fourth-order valence-corrected chi connectivity index (χ4v) is 5.14. The summed E-state index contributed by atoms with van der Waals surface area (Å²) in [6.07, 6.45) is 2.81. The van der Waals surface area contributed by atoms with Gasteiger partial charge < -0.3 is 19.9 Å². The smallest absolute Gasteiger partial charge is 0.222 e. The SMILES string of the molecule is COc1ccc(CC2(CCC(=O)N(C)Cc3nc4ccccc4[nH]3)CCC(=O)N2)c2ccccc12. The number of methoxy groups -OCH3 is 1. The number of aromatic nitrogens is 2. The topological polar surface area (TPSA) is 87.3 Å². The zero-order valence-corrected chi connectivity index (χ0v) is 20.1. The van der Waals surface area contributed by atoms with E-state index in [2.05, 4.69) is 27.4 Å². The van der Waals surface area contributed by atoms with Crippen molar-refractivity contribution in [3.63, 3.8) is 0 Å². The summed E-state index contributed by atoms with van der Waals surface area (Å²) in [5.41, 5.74) is 2.56. The number of amides is 2. The Kier molecular flexibility index (Phi) is 6.16. The van der Waals surface area contributed by atoms with Crippen LogP contribution in [0.3, 0.4) is 0 Å². The largest absolute Gasteiger partial charge is 0.496 e. The fourth-order valence-electron chi connectivity index (χ4n) is 5.14. The number of rotatable bonds is 8. The van der Waals surface area contributed by atoms with Crippen LogP contribution in [0.15, 0.2) is 60.7 Å². The van der Waals surface area contributed by atoms with Crippen LogP contribution in [0.4, 0.5) is 0 Å². The maximum absolute atomic E-state index is 13.0. The first-order chi connectivity index (χ1) is 17.0. The second-order valence-corrected chi connectivity index (χ2v) is 9.43. The lowest BCUT2D eigenvalue weighted by molar-refractivity contribution is -0.131. The van der Waals surface area contributed by atoms with Gasteiger partial charge in [0.05, 0.1) is 24.7 Å². The molecular formula is C28H30N4O3. The van der Waals surface area contributed by atoms with Gasteiger partial charge in [-0.15, -0.1) is 0 Å². The molecule has 0 spiro atoms. The highest BCUT2D eigenvalue weighted by Crippen LogP contribution is 2.35. The fraction of sp³-hybridized carbons (Fsp3) is 0.321. The molecule has 1 unspecified atom stereocenters. The number of imidazole rings is 1. The molecule has 0 aliphatic carbocycles. The molecule has 0 radical (unpaired) electrons. The predicted molar refractivity (Wildman–Crippen MR) is 136 cm³/mol.